The van der Waals surface area contributed by atoms with E-state index in [1.165, 1.54) is 19.2 Å². The average molecular weight is 354 g/mol. The van der Waals surface area contributed by atoms with Gasteiger partial charge >= 0.3 is 0 Å². The van der Waals surface area contributed by atoms with Gasteiger partial charge in [0, 0.05) is 18.7 Å². The van der Waals surface area contributed by atoms with Crippen molar-refractivity contribution >= 4 is 16.9 Å². The van der Waals surface area contributed by atoms with E-state index in [9.17, 15) is 9.18 Å². The summed E-state index contributed by atoms with van der Waals surface area (Å²) in [6, 6.07) is 6.30. The smallest absolute Gasteiger partial charge is 0.256 e. The molecule has 0 unspecified atom stereocenters. The van der Waals surface area contributed by atoms with Crippen molar-refractivity contribution in [2.24, 2.45) is 0 Å². The number of carbonyl (C=O) groups is 1. The summed E-state index contributed by atoms with van der Waals surface area (Å²) in [5.41, 5.74) is 3.95. The number of halogens is 1. The van der Waals surface area contributed by atoms with E-state index in [1.807, 2.05) is 6.07 Å². The summed E-state index contributed by atoms with van der Waals surface area (Å²) in [5.74, 6) is 0.538. The molecule has 6 nitrogen and oxygen atoms in total. The molecule has 1 aliphatic rings. The van der Waals surface area contributed by atoms with Crippen LogP contribution in [0.1, 0.15) is 33.9 Å². The molecule has 2 aromatic heterocycles. The van der Waals surface area contributed by atoms with Gasteiger partial charge in [0.2, 0.25) is 5.88 Å². The molecular weight excluding hydrogens is 335 g/mol. The first kappa shape index (κ1) is 16.5. The zero-order chi connectivity index (χ0) is 18.1. The molecule has 4 rings (SSSR count). The first-order valence-electron chi connectivity index (χ1n) is 8.63. The molecule has 0 fully saturated rings. The molecule has 2 heterocycles. The molecule has 134 valence electrons. The van der Waals surface area contributed by atoms with Gasteiger partial charge in [0.05, 0.1) is 18.1 Å². The molecule has 1 aromatic carbocycles. The second kappa shape index (κ2) is 6.74. The van der Waals surface area contributed by atoms with Crippen molar-refractivity contribution in [2.45, 2.75) is 25.7 Å². The van der Waals surface area contributed by atoms with Crippen LogP contribution in [0.3, 0.4) is 0 Å². The molecule has 1 aliphatic carbocycles. The number of aromatic amines is 1. The number of imidazole rings is 1. The Bertz CT molecular complexity index is 983. The van der Waals surface area contributed by atoms with E-state index in [0.717, 1.165) is 30.5 Å². The van der Waals surface area contributed by atoms with Crippen molar-refractivity contribution in [1.82, 2.24) is 20.3 Å². The van der Waals surface area contributed by atoms with Crippen LogP contribution in [0, 0.1) is 5.82 Å². The van der Waals surface area contributed by atoms with Gasteiger partial charge in [-0.05, 0) is 49.1 Å². The number of pyridine rings is 1. The molecule has 0 aliphatic heterocycles. The summed E-state index contributed by atoms with van der Waals surface area (Å²) in [5, 5.41) is 2.88. The van der Waals surface area contributed by atoms with Crippen LogP contribution in [0.25, 0.3) is 11.0 Å². The minimum atomic E-state index is -0.308. The van der Waals surface area contributed by atoms with Crippen LogP contribution in [-0.2, 0) is 19.3 Å². The fourth-order valence-electron chi connectivity index (χ4n) is 3.31. The van der Waals surface area contributed by atoms with Crippen molar-refractivity contribution in [3.8, 4) is 5.88 Å². The van der Waals surface area contributed by atoms with Gasteiger partial charge in [0.25, 0.3) is 5.91 Å². The van der Waals surface area contributed by atoms with Crippen LogP contribution >= 0.6 is 0 Å². The Morgan fingerprint density at radius 3 is 3.04 bits per heavy atom. The van der Waals surface area contributed by atoms with Gasteiger partial charge < -0.3 is 15.0 Å². The van der Waals surface area contributed by atoms with E-state index in [0.29, 0.717) is 41.3 Å². The number of nitrogens with one attached hydrogen (secondary N) is 2. The molecule has 0 saturated heterocycles. The number of hydrogen-bond donors (Lipinski definition) is 2. The van der Waals surface area contributed by atoms with Gasteiger partial charge in [-0.1, -0.05) is 0 Å². The lowest BCUT2D eigenvalue weighted by molar-refractivity contribution is 0.0950. The number of aryl methyl sites for hydroxylation is 2. The SMILES string of the molecule is COc1nc2c(cc1C(=O)NCCc1nc3ccc(F)cc3[nH]1)CCC2. The summed E-state index contributed by atoms with van der Waals surface area (Å²) in [6.45, 7) is 0.404. The molecule has 7 heteroatoms. The molecule has 3 aromatic rings. The topological polar surface area (TPSA) is 79.9 Å². The zero-order valence-corrected chi connectivity index (χ0v) is 14.4. The lowest BCUT2D eigenvalue weighted by Crippen LogP contribution is -2.27. The third-order valence-electron chi connectivity index (χ3n) is 4.59. The normalized spacial score (nSPS) is 13.0. The largest absolute Gasteiger partial charge is 0.480 e. The number of methoxy groups -OCH3 is 1. The lowest BCUT2D eigenvalue weighted by atomic mass is 10.1. The van der Waals surface area contributed by atoms with E-state index in [4.69, 9.17) is 4.74 Å². The molecule has 0 bridgehead atoms. The second-order valence-electron chi connectivity index (χ2n) is 6.36. The van der Waals surface area contributed by atoms with Crippen molar-refractivity contribution in [3.63, 3.8) is 0 Å². The van der Waals surface area contributed by atoms with E-state index in [-0.39, 0.29) is 11.7 Å². The average Bonchev–Trinajstić information content (AvgIpc) is 3.25. The van der Waals surface area contributed by atoms with Gasteiger partial charge in [-0.3, -0.25) is 4.79 Å². The van der Waals surface area contributed by atoms with Crippen LogP contribution in [0.4, 0.5) is 4.39 Å². The highest BCUT2D eigenvalue weighted by molar-refractivity contribution is 5.96. The number of ether oxygens (including phenoxy) is 1. The minimum absolute atomic E-state index is 0.216. The maximum absolute atomic E-state index is 13.2. The minimum Gasteiger partial charge on any atom is -0.480 e. The first-order chi connectivity index (χ1) is 12.6. The standard InChI is InChI=1S/C19H19FN4O2/c1-26-19-13(9-11-3-2-4-14(11)24-19)18(25)21-8-7-17-22-15-6-5-12(20)10-16(15)23-17/h5-6,9-10H,2-4,7-8H2,1H3,(H,21,25)(H,22,23). The summed E-state index contributed by atoms with van der Waals surface area (Å²) in [7, 11) is 1.52. The van der Waals surface area contributed by atoms with Gasteiger partial charge in [0.1, 0.15) is 17.2 Å². The highest BCUT2D eigenvalue weighted by Crippen LogP contribution is 2.26. The number of rotatable bonds is 5. The zero-order valence-electron chi connectivity index (χ0n) is 14.4. The van der Waals surface area contributed by atoms with E-state index in [2.05, 4.69) is 20.3 Å². The summed E-state index contributed by atoms with van der Waals surface area (Å²) >= 11 is 0. The maximum atomic E-state index is 13.2. The molecule has 26 heavy (non-hydrogen) atoms. The van der Waals surface area contributed by atoms with E-state index < -0.39 is 0 Å². The second-order valence-corrected chi connectivity index (χ2v) is 6.36. The van der Waals surface area contributed by atoms with Crippen molar-refractivity contribution in [2.75, 3.05) is 13.7 Å². The number of H-pyrrole nitrogens is 1. The van der Waals surface area contributed by atoms with Crippen LogP contribution in [0.2, 0.25) is 0 Å². The van der Waals surface area contributed by atoms with Crippen molar-refractivity contribution < 1.29 is 13.9 Å². The Labute approximate surface area is 149 Å². The fraction of sp³-hybridized carbons (Fsp3) is 0.316. The molecule has 0 atom stereocenters. The Kier molecular flexibility index (Phi) is 4.28. The Hall–Kier alpha value is -2.96. The summed E-state index contributed by atoms with van der Waals surface area (Å²) in [6.07, 6.45) is 3.45. The fourth-order valence-corrected chi connectivity index (χ4v) is 3.31. The monoisotopic (exact) mass is 354 g/mol. The number of nitrogens with zero attached hydrogens (tertiary/aromatic N) is 2. The summed E-state index contributed by atoms with van der Waals surface area (Å²) < 4.78 is 18.5. The molecule has 0 radical (unpaired) electrons. The number of aromatic nitrogens is 3. The molecule has 0 spiro atoms. The third kappa shape index (κ3) is 3.12. The molecular formula is C19H19FN4O2. The highest BCUT2D eigenvalue weighted by atomic mass is 19.1. The predicted octanol–water partition coefficient (Wildman–Crippen LogP) is 2.57. The van der Waals surface area contributed by atoms with E-state index in [1.54, 1.807) is 6.07 Å². The van der Waals surface area contributed by atoms with Crippen LogP contribution in [-0.4, -0.2) is 34.5 Å². The van der Waals surface area contributed by atoms with E-state index >= 15 is 0 Å². The Morgan fingerprint density at radius 1 is 1.31 bits per heavy atom. The van der Waals surface area contributed by atoms with Crippen molar-refractivity contribution in [1.29, 1.82) is 0 Å². The number of amides is 1. The molecule has 0 saturated carbocycles. The lowest BCUT2D eigenvalue weighted by Gasteiger charge is -2.10. The number of benzene rings is 1. The first-order valence-corrected chi connectivity index (χ1v) is 8.63. The van der Waals surface area contributed by atoms with Crippen LogP contribution in [0.15, 0.2) is 24.3 Å². The van der Waals surface area contributed by atoms with Crippen LogP contribution in [0.5, 0.6) is 5.88 Å². The maximum Gasteiger partial charge on any atom is 0.256 e. The quantitative estimate of drug-likeness (QED) is 0.738. The third-order valence-corrected chi connectivity index (χ3v) is 4.59. The van der Waals surface area contributed by atoms with Gasteiger partial charge in [-0.2, -0.15) is 0 Å². The van der Waals surface area contributed by atoms with Gasteiger partial charge in [0.15, 0.2) is 0 Å². The van der Waals surface area contributed by atoms with Crippen molar-refractivity contribution in [3.05, 3.63) is 52.7 Å². The predicted molar refractivity (Wildman–Crippen MR) is 94.9 cm³/mol. The van der Waals surface area contributed by atoms with Gasteiger partial charge in [-0.25, -0.2) is 14.4 Å². The number of hydrogen-bond acceptors (Lipinski definition) is 4. The molecule has 2 N–H and O–H groups in total. The van der Waals surface area contributed by atoms with Crippen LogP contribution < -0.4 is 10.1 Å². The molecule has 1 amide bonds. The summed E-state index contributed by atoms with van der Waals surface area (Å²) in [4.78, 5) is 24.4. The number of carbonyl (C=O) groups excluding carboxylic acids is 1. The Morgan fingerprint density at radius 2 is 2.19 bits per heavy atom. The van der Waals surface area contributed by atoms with Gasteiger partial charge in [-0.15, -0.1) is 0 Å². The number of fused-ring (bicyclic) bond motifs is 2. The highest BCUT2D eigenvalue weighted by Gasteiger charge is 2.20. The Balaban J connectivity index is 1.43.